The standard InChI is InChI=1S/C44H76O15P2/c1-3-5-7-8-9-10-11-12-13-14-15-20-28-34-44(49)59-42(38-58-61(53,54)57-36-41(47)35-56-60(50,51)52)37-55-43(48)33-27-19-17-16-18-24-30-40(46)32-26-22-21-25-31-39(45)29-23-6-4-2/h6,17-19,21-26,31-32,39-42,45-47H,3-5,7-16,20,27-30,33-38H2,1-2H3,(H,53,54)(H2,50,51,52)/b19-17-,22-21-,23-6-,24-18-,31-25+,32-26+/t39-,40+,41+,42-/m1/s1. The van der Waals surface area contributed by atoms with E-state index in [4.69, 9.17) is 23.8 Å². The second-order valence-corrected chi connectivity index (χ2v) is 17.3. The van der Waals surface area contributed by atoms with Crippen LogP contribution < -0.4 is 0 Å². The topological polar surface area (TPSA) is 236 Å². The summed E-state index contributed by atoms with van der Waals surface area (Å²) in [5.74, 6) is -1.20. The number of hydrogen-bond acceptors (Lipinski definition) is 12. The van der Waals surface area contributed by atoms with E-state index in [0.717, 1.165) is 32.1 Å². The molecule has 0 bridgehead atoms. The zero-order valence-electron chi connectivity index (χ0n) is 36.5. The van der Waals surface area contributed by atoms with Crippen LogP contribution in [0.2, 0.25) is 0 Å². The van der Waals surface area contributed by atoms with Crippen molar-refractivity contribution < 1.29 is 71.8 Å². The Balaban J connectivity index is 4.73. The van der Waals surface area contributed by atoms with E-state index in [1.54, 1.807) is 42.5 Å². The van der Waals surface area contributed by atoms with Crippen molar-refractivity contribution in [3.05, 3.63) is 72.9 Å². The van der Waals surface area contributed by atoms with Gasteiger partial charge in [0.25, 0.3) is 0 Å². The summed E-state index contributed by atoms with van der Waals surface area (Å²) < 4.78 is 47.6. The highest BCUT2D eigenvalue weighted by atomic mass is 31.2. The largest absolute Gasteiger partial charge is 0.472 e. The van der Waals surface area contributed by atoms with Gasteiger partial charge in [-0.3, -0.25) is 23.2 Å². The highest BCUT2D eigenvalue weighted by Gasteiger charge is 2.28. The summed E-state index contributed by atoms with van der Waals surface area (Å²) >= 11 is 0. The third kappa shape index (κ3) is 42.6. The first-order valence-corrected chi connectivity index (χ1v) is 24.9. The molecule has 0 aliphatic heterocycles. The van der Waals surface area contributed by atoms with Gasteiger partial charge in [-0.1, -0.05) is 164 Å². The fourth-order valence-corrected chi connectivity index (χ4v) is 6.59. The third-order valence-corrected chi connectivity index (χ3v) is 10.2. The Morgan fingerprint density at radius 3 is 1.62 bits per heavy atom. The second kappa shape index (κ2) is 39.1. The van der Waals surface area contributed by atoms with Crippen LogP contribution in [0, 0.1) is 0 Å². The van der Waals surface area contributed by atoms with E-state index >= 15 is 0 Å². The minimum atomic E-state index is -4.88. The monoisotopic (exact) mass is 906 g/mol. The summed E-state index contributed by atoms with van der Waals surface area (Å²) in [6, 6.07) is 0. The summed E-state index contributed by atoms with van der Waals surface area (Å²) in [5.41, 5.74) is 0. The number of phosphoric ester groups is 2. The van der Waals surface area contributed by atoms with Gasteiger partial charge < -0.3 is 39.5 Å². The lowest BCUT2D eigenvalue weighted by Gasteiger charge is -2.20. The molecule has 17 heteroatoms. The molecule has 0 aliphatic carbocycles. The molecule has 1 unspecified atom stereocenters. The van der Waals surface area contributed by atoms with Gasteiger partial charge in [0, 0.05) is 12.8 Å². The predicted octanol–water partition coefficient (Wildman–Crippen LogP) is 8.95. The Kier molecular flexibility index (Phi) is 37.5. The summed E-state index contributed by atoms with van der Waals surface area (Å²) in [6.45, 7) is 1.36. The quantitative estimate of drug-likeness (QED) is 0.0111. The Labute approximate surface area is 364 Å². The zero-order valence-corrected chi connectivity index (χ0v) is 38.2. The third-order valence-electron chi connectivity index (χ3n) is 8.78. The van der Waals surface area contributed by atoms with Crippen LogP contribution in [0.3, 0.4) is 0 Å². The lowest BCUT2D eigenvalue weighted by molar-refractivity contribution is -0.161. The van der Waals surface area contributed by atoms with Crippen LogP contribution in [0.1, 0.15) is 142 Å². The van der Waals surface area contributed by atoms with E-state index in [1.807, 2.05) is 37.3 Å². The van der Waals surface area contributed by atoms with E-state index < -0.39 is 78.4 Å². The van der Waals surface area contributed by atoms with Gasteiger partial charge in [-0.05, 0) is 38.5 Å². The average molecular weight is 907 g/mol. The number of allylic oxidation sites excluding steroid dienone is 8. The number of rotatable bonds is 40. The molecule has 0 saturated carbocycles. The van der Waals surface area contributed by atoms with Crippen molar-refractivity contribution >= 4 is 27.6 Å². The lowest BCUT2D eigenvalue weighted by atomic mass is 10.0. The van der Waals surface area contributed by atoms with Gasteiger partial charge in [0.15, 0.2) is 6.10 Å². The molecule has 5 atom stereocenters. The lowest BCUT2D eigenvalue weighted by Crippen LogP contribution is -2.29. The summed E-state index contributed by atoms with van der Waals surface area (Å²) in [4.78, 5) is 52.6. The van der Waals surface area contributed by atoms with Crippen LogP contribution in [0.15, 0.2) is 72.9 Å². The normalized spacial score (nSPS) is 15.7. The molecule has 0 amide bonds. The summed E-state index contributed by atoms with van der Waals surface area (Å²) in [7, 11) is -9.73. The van der Waals surface area contributed by atoms with Gasteiger partial charge >= 0.3 is 27.6 Å². The van der Waals surface area contributed by atoms with Crippen molar-refractivity contribution in [2.24, 2.45) is 0 Å². The second-order valence-electron chi connectivity index (χ2n) is 14.6. The maximum Gasteiger partial charge on any atom is 0.472 e. The molecule has 0 fully saturated rings. The number of phosphoric acid groups is 2. The maximum atomic E-state index is 12.6. The molecular formula is C44H76O15P2. The van der Waals surface area contributed by atoms with Crippen molar-refractivity contribution in [3.63, 3.8) is 0 Å². The minimum absolute atomic E-state index is 0.0119. The van der Waals surface area contributed by atoms with Crippen molar-refractivity contribution in [1.29, 1.82) is 0 Å². The van der Waals surface area contributed by atoms with Crippen molar-refractivity contribution in [3.8, 4) is 0 Å². The fraction of sp³-hybridized carbons (Fsp3) is 0.682. The highest BCUT2D eigenvalue weighted by Crippen LogP contribution is 2.43. The summed E-state index contributed by atoms with van der Waals surface area (Å²) in [6.07, 6.45) is 35.4. The van der Waals surface area contributed by atoms with Gasteiger partial charge in [0.05, 0.1) is 32.0 Å². The molecule has 0 heterocycles. The van der Waals surface area contributed by atoms with Gasteiger partial charge in [0.1, 0.15) is 12.7 Å². The molecule has 0 aromatic rings. The maximum absolute atomic E-state index is 12.6. The number of aliphatic hydroxyl groups is 3. The van der Waals surface area contributed by atoms with Crippen LogP contribution in [0.4, 0.5) is 0 Å². The Bertz CT molecular complexity index is 1390. The van der Waals surface area contributed by atoms with Crippen LogP contribution in [0.5, 0.6) is 0 Å². The molecule has 61 heavy (non-hydrogen) atoms. The Morgan fingerprint density at radius 2 is 1.07 bits per heavy atom. The molecule has 0 rings (SSSR count). The Hall–Kier alpha value is -2.52. The van der Waals surface area contributed by atoms with Crippen LogP contribution in [0.25, 0.3) is 0 Å². The first-order valence-electron chi connectivity index (χ1n) is 21.8. The van der Waals surface area contributed by atoms with Gasteiger partial charge in [-0.15, -0.1) is 0 Å². The molecule has 0 saturated heterocycles. The van der Waals surface area contributed by atoms with Crippen molar-refractivity contribution in [1.82, 2.24) is 0 Å². The van der Waals surface area contributed by atoms with Gasteiger partial charge in [-0.2, -0.15) is 0 Å². The first kappa shape index (κ1) is 58.5. The zero-order chi connectivity index (χ0) is 45.5. The number of aliphatic hydroxyl groups excluding tert-OH is 3. The average Bonchev–Trinajstić information content (AvgIpc) is 3.21. The SMILES string of the molecule is CC/C=C\C[C@@H](O)/C=C/C=C\C=C\[C@@H](O)C/C=C\C/C=C\CCC(=O)OC[C@H](COP(=O)(O)OC[C@@H](O)COP(=O)(O)O)OC(=O)CCCCCCCCCCCCCCC. The molecule has 0 aromatic heterocycles. The summed E-state index contributed by atoms with van der Waals surface area (Å²) in [5, 5.41) is 29.7. The van der Waals surface area contributed by atoms with Crippen LogP contribution in [-0.4, -0.2) is 92.8 Å². The van der Waals surface area contributed by atoms with Crippen LogP contribution in [-0.2, 0) is 41.8 Å². The van der Waals surface area contributed by atoms with Crippen molar-refractivity contribution in [2.75, 3.05) is 26.4 Å². The molecule has 6 N–H and O–H groups in total. The fourth-order valence-electron chi connectivity index (χ4n) is 5.43. The molecule has 0 aromatic carbocycles. The van der Waals surface area contributed by atoms with Gasteiger partial charge in [0.2, 0.25) is 0 Å². The Morgan fingerprint density at radius 1 is 0.557 bits per heavy atom. The molecule has 15 nitrogen and oxygen atoms in total. The van der Waals surface area contributed by atoms with E-state index in [9.17, 15) is 38.9 Å². The van der Waals surface area contributed by atoms with E-state index in [1.165, 1.54) is 51.4 Å². The predicted molar refractivity (Wildman–Crippen MR) is 237 cm³/mol. The molecule has 352 valence electrons. The number of carbonyl (C=O) groups is 2. The van der Waals surface area contributed by atoms with E-state index in [2.05, 4.69) is 16.0 Å². The van der Waals surface area contributed by atoms with Gasteiger partial charge in [-0.25, -0.2) is 9.13 Å². The smallest absolute Gasteiger partial charge is 0.462 e. The minimum Gasteiger partial charge on any atom is -0.462 e. The molecule has 0 radical (unpaired) electrons. The molecule has 0 aliphatic rings. The van der Waals surface area contributed by atoms with Crippen molar-refractivity contribution in [2.45, 2.75) is 167 Å². The molecule has 0 spiro atoms. The van der Waals surface area contributed by atoms with Crippen LogP contribution >= 0.6 is 15.6 Å². The number of esters is 2. The van der Waals surface area contributed by atoms with E-state index in [0.29, 0.717) is 32.1 Å². The highest BCUT2D eigenvalue weighted by molar-refractivity contribution is 7.47. The molecular weight excluding hydrogens is 830 g/mol. The number of carbonyl (C=O) groups excluding carboxylic acids is 2. The number of ether oxygens (including phenoxy) is 2. The van der Waals surface area contributed by atoms with E-state index in [-0.39, 0.29) is 12.8 Å². The number of hydrogen-bond donors (Lipinski definition) is 6. The first-order chi connectivity index (χ1) is 29.2. The number of unbranched alkanes of at least 4 members (excludes halogenated alkanes) is 12.